The maximum Gasteiger partial charge on any atom is 0.164 e. The smallest absolute Gasteiger partial charge is 0.164 e. The molecule has 0 N–H and O–H groups in total. The molecule has 0 aliphatic heterocycles. The molecule has 0 amide bonds. The lowest BCUT2D eigenvalue weighted by Crippen LogP contribution is -2.01. The molecule has 0 saturated carbocycles. The van der Waals surface area contributed by atoms with Gasteiger partial charge in [-0.1, -0.05) is 115 Å². The molecule has 0 aliphatic rings. The van der Waals surface area contributed by atoms with Gasteiger partial charge in [0.25, 0.3) is 0 Å². The zero-order valence-electron chi connectivity index (χ0n) is 29.2. The fourth-order valence-electron chi connectivity index (χ4n) is 8.26. The molecule has 6 nitrogen and oxygen atoms in total. The molecule has 0 fully saturated rings. The Morgan fingerprint density at radius 1 is 0.309 bits per heavy atom. The fourth-order valence-corrected chi connectivity index (χ4v) is 8.26. The Hall–Kier alpha value is -7.57. The number of furan rings is 3. The predicted molar refractivity (Wildman–Crippen MR) is 221 cm³/mol. The summed E-state index contributed by atoms with van der Waals surface area (Å²) in [5.74, 6) is 1.69. The molecule has 0 saturated heterocycles. The molecule has 0 atom stereocenters. The van der Waals surface area contributed by atoms with E-state index in [0.717, 1.165) is 104 Å². The minimum atomic E-state index is 0.549. The van der Waals surface area contributed by atoms with E-state index in [-0.39, 0.29) is 0 Å². The molecular weight excluding hydrogens is 679 g/mol. The van der Waals surface area contributed by atoms with Crippen LogP contribution in [0.4, 0.5) is 0 Å². The Bertz CT molecular complexity index is 3520. The molecule has 0 spiro atoms. The van der Waals surface area contributed by atoms with E-state index in [1.54, 1.807) is 0 Å². The van der Waals surface area contributed by atoms with Crippen molar-refractivity contribution in [2.75, 3.05) is 0 Å². The van der Waals surface area contributed by atoms with Crippen molar-refractivity contribution in [1.29, 1.82) is 0 Å². The average molecular weight is 706 g/mol. The van der Waals surface area contributed by atoms with Crippen LogP contribution in [-0.4, -0.2) is 15.0 Å². The lowest BCUT2D eigenvalue weighted by atomic mass is 9.95. The third kappa shape index (κ3) is 4.52. The van der Waals surface area contributed by atoms with Gasteiger partial charge in [-0.2, -0.15) is 0 Å². The van der Waals surface area contributed by atoms with Gasteiger partial charge in [0.1, 0.15) is 33.5 Å². The molecule has 55 heavy (non-hydrogen) atoms. The minimum Gasteiger partial charge on any atom is -0.456 e. The van der Waals surface area contributed by atoms with Crippen LogP contribution in [0.25, 0.3) is 122 Å². The highest BCUT2D eigenvalue weighted by Crippen LogP contribution is 2.45. The molecule has 0 unspecified atom stereocenters. The van der Waals surface area contributed by atoms with Crippen LogP contribution < -0.4 is 0 Å². The van der Waals surface area contributed by atoms with E-state index in [9.17, 15) is 0 Å². The van der Waals surface area contributed by atoms with Crippen LogP contribution in [0.2, 0.25) is 0 Å². The third-order valence-electron chi connectivity index (χ3n) is 10.7. The van der Waals surface area contributed by atoms with Crippen molar-refractivity contribution in [3.8, 4) is 45.3 Å². The highest BCUT2D eigenvalue weighted by molar-refractivity contribution is 6.20. The van der Waals surface area contributed by atoms with E-state index in [1.807, 2.05) is 78.9 Å². The Kier molecular flexibility index (Phi) is 6.24. The minimum absolute atomic E-state index is 0.549. The van der Waals surface area contributed by atoms with Gasteiger partial charge in [-0.25, -0.2) is 15.0 Å². The van der Waals surface area contributed by atoms with E-state index >= 15 is 0 Å². The topological polar surface area (TPSA) is 78.1 Å². The first-order valence-electron chi connectivity index (χ1n) is 18.3. The van der Waals surface area contributed by atoms with Gasteiger partial charge in [-0.3, -0.25) is 0 Å². The summed E-state index contributed by atoms with van der Waals surface area (Å²) in [4.78, 5) is 15.8. The monoisotopic (exact) mass is 705 g/mol. The number of aromatic nitrogens is 3. The molecule has 12 rings (SSSR count). The molecule has 6 heteroatoms. The summed E-state index contributed by atoms with van der Waals surface area (Å²) in [6.45, 7) is 0. The Balaban J connectivity index is 1.16. The van der Waals surface area contributed by atoms with E-state index in [0.29, 0.717) is 17.5 Å². The van der Waals surface area contributed by atoms with E-state index in [1.165, 1.54) is 0 Å². The van der Waals surface area contributed by atoms with Gasteiger partial charge in [0, 0.05) is 54.6 Å². The van der Waals surface area contributed by atoms with E-state index in [4.69, 9.17) is 28.2 Å². The molecule has 0 aliphatic carbocycles. The van der Waals surface area contributed by atoms with Crippen molar-refractivity contribution in [2.24, 2.45) is 0 Å². The standard InChI is InChI=1S/C49H27N3O3/c1-2-12-29-27-30(24-23-28(29)11-1)47-50-48(36-17-10-22-42-44(36)34-14-4-7-19-39(34)54-42)52-49(51-47)37-26-25-32(46-45(37)35-15-5-8-20-40(35)55-46)31-16-9-21-41-43(31)33-13-3-6-18-38(33)53-41/h1-27H. The lowest BCUT2D eigenvalue weighted by molar-refractivity contribution is 0.668. The molecule has 0 radical (unpaired) electrons. The predicted octanol–water partition coefficient (Wildman–Crippen LogP) is 13.4. The quantitative estimate of drug-likeness (QED) is 0.181. The van der Waals surface area contributed by atoms with Crippen LogP contribution in [-0.2, 0) is 0 Å². The molecule has 256 valence electrons. The number of rotatable bonds is 4. The highest BCUT2D eigenvalue weighted by Gasteiger charge is 2.23. The Morgan fingerprint density at radius 3 is 1.49 bits per heavy atom. The summed E-state index contributed by atoms with van der Waals surface area (Å²) in [5.41, 5.74) is 9.43. The third-order valence-corrected chi connectivity index (χ3v) is 10.7. The van der Waals surface area contributed by atoms with Gasteiger partial charge >= 0.3 is 0 Å². The van der Waals surface area contributed by atoms with Crippen LogP contribution in [0.5, 0.6) is 0 Å². The second-order valence-corrected chi connectivity index (χ2v) is 13.9. The van der Waals surface area contributed by atoms with Crippen LogP contribution in [0.3, 0.4) is 0 Å². The number of nitrogens with zero attached hydrogens (tertiary/aromatic N) is 3. The van der Waals surface area contributed by atoms with Crippen molar-refractivity contribution in [3.63, 3.8) is 0 Å². The van der Waals surface area contributed by atoms with Crippen molar-refractivity contribution < 1.29 is 13.3 Å². The van der Waals surface area contributed by atoms with Gasteiger partial charge in [0.2, 0.25) is 0 Å². The van der Waals surface area contributed by atoms with E-state index in [2.05, 4.69) is 84.9 Å². The van der Waals surface area contributed by atoms with Crippen LogP contribution >= 0.6 is 0 Å². The SMILES string of the molecule is c1ccc2cc(-c3nc(-c4cccc5oc6ccccc6c45)nc(-c4ccc(-c5cccc6oc7ccccc7c56)c5oc6ccccc6c45)n3)ccc2c1. The van der Waals surface area contributed by atoms with Crippen molar-refractivity contribution in [1.82, 2.24) is 15.0 Å². The van der Waals surface area contributed by atoms with Gasteiger partial charge in [0.05, 0.1) is 0 Å². The largest absolute Gasteiger partial charge is 0.456 e. The van der Waals surface area contributed by atoms with Gasteiger partial charge in [0.15, 0.2) is 17.5 Å². The molecule has 4 heterocycles. The molecule has 0 bridgehead atoms. The van der Waals surface area contributed by atoms with Crippen molar-refractivity contribution >= 4 is 76.6 Å². The zero-order chi connectivity index (χ0) is 36.0. The molecule has 12 aromatic rings. The second-order valence-electron chi connectivity index (χ2n) is 13.9. The van der Waals surface area contributed by atoms with Gasteiger partial charge in [-0.15, -0.1) is 0 Å². The highest BCUT2D eigenvalue weighted by atomic mass is 16.3. The molecule has 8 aromatic carbocycles. The molecule has 4 aromatic heterocycles. The number of benzene rings is 8. The number of fused-ring (bicyclic) bond motifs is 10. The first-order valence-corrected chi connectivity index (χ1v) is 18.3. The first-order chi connectivity index (χ1) is 27.2. The average Bonchev–Trinajstić information content (AvgIpc) is 3.95. The van der Waals surface area contributed by atoms with Crippen LogP contribution in [0, 0.1) is 0 Å². The first kappa shape index (κ1) is 29.9. The summed E-state index contributed by atoms with van der Waals surface area (Å²) in [6.07, 6.45) is 0. The maximum atomic E-state index is 6.80. The maximum absolute atomic E-state index is 6.80. The molecular formula is C49H27N3O3. The summed E-state index contributed by atoms with van der Waals surface area (Å²) >= 11 is 0. The summed E-state index contributed by atoms with van der Waals surface area (Å²) in [5, 5.41) is 8.27. The van der Waals surface area contributed by atoms with Crippen LogP contribution in [0.15, 0.2) is 177 Å². The fraction of sp³-hybridized carbons (Fsp3) is 0. The lowest BCUT2D eigenvalue weighted by Gasteiger charge is -2.12. The summed E-state index contributed by atoms with van der Waals surface area (Å²) < 4.78 is 19.4. The number of hydrogen-bond acceptors (Lipinski definition) is 6. The van der Waals surface area contributed by atoms with Crippen molar-refractivity contribution in [3.05, 3.63) is 164 Å². The number of para-hydroxylation sites is 3. The van der Waals surface area contributed by atoms with Crippen molar-refractivity contribution in [2.45, 2.75) is 0 Å². The Morgan fingerprint density at radius 2 is 0.800 bits per heavy atom. The number of hydrogen-bond donors (Lipinski definition) is 0. The van der Waals surface area contributed by atoms with Gasteiger partial charge < -0.3 is 13.3 Å². The second kappa shape index (κ2) is 11.5. The van der Waals surface area contributed by atoms with Crippen LogP contribution in [0.1, 0.15) is 0 Å². The Labute approximate surface area is 312 Å². The van der Waals surface area contributed by atoms with Gasteiger partial charge in [-0.05, 0) is 64.9 Å². The summed E-state index contributed by atoms with van der Waals surface area (Å²) in [6, 6.07) is 55.6. The summed E-state index contributed by atoms with van der Waals surface area (Å²) in [7, 11) is 0. The normalized spacial score (nSPS) is 12.0. The zero-order valence-corrected chi connectivity index (χ0v) is 29.2. The van der Waals surface area contributed by atoms with E-state index < -0.39 is 0 Å².